The predicted octanol–water partition coefficient (Wildman–Crippen LogP) is -0.0883. The Hall–Kier alpha value is -1.48. The van der Waals surface area contributed by atoms with Crippen molar-refractivity contribution in [1.29, 1.82) is 0 Å². The Kier molecular flexibility index (Phi) is 5.29. The standard InChI is InChI=1S/C13H19N3O4S/c1-14-21(18,19)12-5-3-2-4-11(12)16-13(17)8-10-9-20-7-6-15-10/h2-5,10,14-15H,6-9H2,1H3,(H,16,17). The molecule has 3 N–H and O–H groups in total. The van der Waals surface area contributed by atoms with Crippen molar-refractivity contribution in [1.82, 2.24) is 10.0 Å². The zero-order chi connectivity index (χ0) is 15.3. The van der Waals surface area contributed by atoms with E-state index < -0.39 is 10.0 Å². The van der Waals surface area contributed by atoms with Crippen LogP contribution >= 0.6 is 0 Å². The Morgan fingerprint density at radius 3 is 2.86 bits per heavy atom. The highest BCUT2D eigenvalue weighted by molar-refractivity contribution is 7.89. The summed E-state index contributed by atoms with van der Waals surface area (Å²) >= 11 is 0. The maximum atomic E-state index is 12.0. The SMILES string of the molecule is CNS(=O)(=O)c1ccccc1NC(=O)CC1COCCN1. The first kappa shape index (κ1) is 15.9. The monoisotopic (exact) mass is 313 g/mol. The second-order valence-electron chi connectivity index (χ2n) is 4.68. The molecule has 2 rings (SSSR count). The average molecular weight is 313 g/mol. The number of hydrogen-bond donors (Lipinski definition) is 3. The van der Waals surface area contributed by atoms with Crippen LogP contribution in [0.15, 0.2) is 29.2 Å². The Labute approximate surface area is 124 Å². The van der Waals surface area contributed by atoms with Gasteiger partial charge in [0.2, 0.25) is 15.9 Å². The van der Waals surface area contributed by atoms with Crippen molar-refractivity contribution in [3.8, 4) is 0 Å². The van der Waals surface area contributed by atoms with E-state index in [1.54, 1.807) is 18.2 Å². The summed E-state index contributed by atoms with van der Waals surface area (Å²) in [6, 6.07) is 6.24. The van der Waals surface area contributed by atoms with Crippen molar-refractivity contribution in [2.45, 2.75) is 17.4 Å². The molecule has 1 saturated heterocycles. The average Bonchev–Trinajstić information content (AvgIpc) is 2.48. The van der Waals surface area contributed by atoms with Crippen LogP contribution in [0.5, 0.6) is 0 Å². The van der Waals surface area contributed by atoms with Crippen LogP contribution in [0.1, 0.15) is 6.42 Å². The van der Waals surface area contributed by atoms with Gasteiger partial charge < -0.3 is 15.4 Å². The van der Waals surface area contributed by atoms with Crippen LogP contribution in [0.4, 0.5) is 5.69 Å². The van der Waals surface area contributed by atoms with Crippen LogP contribution in [0.3, 0.4) is 0 Å². The fourth-order valence-electron chi connectivity index (χ4n) is 2.09. The Bertz CT molecular complexity index is 597. The third-order valence-electron chi connectivity index (χ3n) is 3.15. The van der Waals surface area contributed by atoms with Crippen LogP contribution in [0.2, 0.25) is 0 Å². The molecule has 1 amide bonds. The first-order valence-corrected chi connectivity index (χ1v) is 8.15. The summed E-state index contributed by atoms with van der Waals surface area (Å²) in [4.78, 5) is 12.1. The highest BCUT2D eigenvalue weighted by atomic mass is 32.2. The summed E-state index contributed by atoms with van der Waals surface area (Å²) in [5, 5.41) is 5.82. The lowest BCUT2D eigenvalue weighted by molar-refractivity contribution is -0.117. The van der Waals surface area contributed by atoms with Crippen LogP contribution in [-0.4, -0.2) is 47.2 Å². The van der Waals surface area contributed by atoms with Crippen LogP contribution in [0.25, 0.3) is 0 Å². The summed E-state index contributed by atoms with van der Waals surface area (Å²) in [6.45, 7) is 1.83. The second kappa shape index (κ2) is 6.99. The maximum Gasteiger partial charge on any atom is 0.242 e. The minimum Gasteiger partial charge on any atom is -0.378 e. The van der Waals surface area contributed by atoms with Gasteiger partial charge in [-0.05, 0) is 19.2 Å². The molecule has 0 saturated carbocycles. The number of sulfonamides is 1. The van der Waals surface area contributed by atoms with E-state index in [4.69, 9.17) is 4.74 Å². The molecule has 0 bridgehead atoms. The van der Waals surface area contributed by atoms with Gasteiger partial charge in [0, 0.05) is 19.0 Å². The molecule has 0 aromatic heterocycles. The normalized spacial score (nSPS) is 19.2. The maximum absolute atomic E-state index is 12.0. The van der Waals surface area contributed by atoms with Gasteiger partial charge in [-0.2, -0.15) is 0 Å². The van der Waals surface area contributed by atoms with E-state index in [-0.39, 0.29) is 29.0 Å². The zero-order valence-electron chi connectivity index (χ0n) is 11.8. The first-order valence-electron chi connectivity index (χ1n) is 6.66. The molecule has 0 spiro atoms. The topological polar surface area (TPSA) is 96.5 Å². The summed E-state index contributed by atoms with van der Waals surface area (Å²) in [6.07, 6.45) is 0.230. The van der Waals surface area contributed by atoms with Crippen molar-refractivity contribution in [2.75, 3.05) is 32.1 Å². The fraction of sp³-hybridized carbons (Fsp3) is 0.462. The number of anilines is 1. The molecule has 1 aromatic rings. The Morgan fingerprint density at radius 1 is 1.43 bits per heavy atom. The highest BCUT2D eigenvalue weighted by Gasteiger charge is 2.20. The van der Waals surface area contributed by atoms with Crippen molar-refractivity contribution < 1.29 is 17.9 Å². The van der Waals surface area contributed by atoms with E-state index in [0.717, 1.165) is 0 Å². The van der Waals surface area contributed by atoms with Gasteiger partial charge in [-0.15, -0.1) is 0 Å². The van der Waals surface area contributed by atoms with E-state index in [2.05, 4.69) is 15.4 Å². The highest BCUT2D eigenvalue weighted by Crippen LogP contribution is 2.20. The predicted molar refractivity (Wildman–Crippen MR) is 78.5 cm³/mol. The summed E-state index contributed by atoms with van der Waals surface area (Å²) in [5.74, 6) is -0.253. The molecule has 0 radical (unpaired) electrons. The minimum atomic E-state index is -3.61. The molecule has 1 aromatic carbocycles. The number of rotatable bonds is 5. The zero-order valence-corrected chi connectivity index (χ0v) is 12.6. The van der Waals surface area contributed by atoms with Crippen LogP contribution < -0.4 is 15.4 Å². The number of carbonyl (C=O) groups is 1. The molecule has 1 heterocycles. The van der Waals surface area contributed by atoms with E-state index in [1.165, 1.54) is 13.1 Å². The van der Waals surface area contributed by atoms with Gasteiger partial charge in [-0.25, -0.2) is 13.1 Å². The molecule has 1 unspecified atom stereocenters. The molecule has 116 valence electrons. The molecule has 1 aliphatic rings. The number of ether oxygens (including phenoxy) is 1. The van der Waals surface area contributed by atoms with Crippen molar-refractivity contribution in [3.05, 3.63) is 24.3 Å². The Balaban J connectivity index is 2.07. The number of benzene rings is 1. The fourth-order valence-corrected chi connectivity index (χ4v) is 2.98. The first-order chi connectivity index (χ1) is 10.0. The summed E-state index contributed by atoms with van der Waals surface area (Å²) < 4.78 is 31.3. The quantitative estimate of drug-likeness (QED) is 0.706. The van der Waals surface area contributed by atoms with E-state index in [9.17, 15) is 13.2 Å². The molecule has 1 aliphatic heterocycles. The Morgan fingerprint density at radius 2 is 2.19 bits per heavy atom. The third-order valence-corrected chi connectivity index (χ3v) is 4.62. The van der Waals surface area contributed by atoms with Gasteiger partial charge in [0.1, 0.15) is 4.90 Å². The summed E-state index contributed by atoms with van der Waals surface area (Å²) in [7, 11) is -2.28. The number of nitrogens with one attached hydrogen (secondary N) is 3. The summed E-state index contributed by atoms with van der Waals surface area (Å²) in [5.41, 5.74) is 0.272. The van der Waals surface area contributed by atoms with Gasteiger partial charge in [0.05, 0.1) is 18.9 Å². The number of amides is 1. The largest absolute Gasteiger partial charge is 0.378 e. The van der Waals surface area contributed by atoms with Gasteiger partial charge in [0.25, 0.3) is 0 Å². The van der Waals surface area contributed by atoms with Crippen molar-refractivity contribution in [2.24, 2.45) is 0 Å². The second-order valence-corrected chi connectivity index (χ2v) is 6.54. The number of morpholine rings is 1. The number of hydrogen-bond acceptors (Lipinski definition) is 5. The van der Waals surface area contributed by atoms with Gasteiger partial charge >= 0.3 is 0 Å². The van der Waals surface area contributed by atoms with Crippen molar-refractivity contribution in [3.63, 3.8) is 0 Å². The van der Waals surface area contributed by atoms with Crippen LogP contribution in [0, 0.1) is 0 Å². The van der Waals surface area contributed by atoms with Gasteiger partial charge in [-0.1, -0.05) is 12.1 Å². The third kappa shape index (κ3) is 4.24. The van der Waals surface area contributed by atoms with E-state index in [0.29, 0.717) is 19.8 Å². The van der Waals surface area contributed by atoms with Crippen LogP contribution in [-0.2, 0) is 19.6 Å². The smallest absolute Gasteiger partial charge is 0.242 e. The molecular formula is C13H19N3O4S. The van der Waals surface area contributed by atoms with Gasteiger partial charge in [0.15, 0.2) is 0 Å². The van der Waals surface area contributed by atoms with E-state index in [1.807, 2.05) is 0 Å². The van der Waals surface area contributed by atoms with Crippen molar-refractivity contribution >= 4 is 21.6 Å². The molecule has 21 heavy (non-hydrogen) atoms. The lowest BCUT2D eigenvalue weighted by atomic mass is 10.2. The molecule has 1 fully saturated rings. The van der Waals surface area contributed by atoms with E-state index >= 15 is 0 Å². The number of carbonyl (C=O) groups excluding carboxylic acids is 1. The minimum absolute atomic E-state index is 0.0492. The number of para-hydroxylation sites is 1. The molecule has 7 nitrogen and oxygen atoms in total. The lowest BCUT2D eigenvalue weighted by Gasteiger charge is -2.23. The molecule has 8 heteroatoms. The molecule has 1 atom stereocenters. The molecule has 0 aliphatic carbocycles. The molecular weight excluding hydrogens is 294 g/mol. The lowest BCUT2D eigenvalue weighted by Crippen LogP contribution is -2.43. The van der Waals surface area contributed by atoms with Gasteiger partial charge in [-0.3, -0.25) is 4.79 Å².